The SMILES string of the molecule is COc1ccc(C23CCC(NC(=O)Nc4cc(C(F)(F)F)cc(C(F)(F)F)c4)CC2N(C)CC3)cc1OC. The van der Waals surface area contributed by atoms with Gasteiger partial charge in [0.2, 0.25) is 0 Å². The van der Waals surface area contributed by atoms with E-state index >= 15 is 0 Å². The van der Waals surface area contributed by atoms with Crippen LogP contribution >= 0.6 is 0 Å². The van der Waals surface area contributed by atoms with Crippen LogP contribution in [-0.2, 0) is 17.8 Å². The van der Waals surface area contributed by atoms with Crippen LogP contribution in [0.2, 0.25) is 0 Å². The van der Waals surface area contributed by atoms with Gasteiger partial charge in [-0.25, -0.2) is 4.79 Å². The second-order valence-electron chi connectivity index (χ2n) is 9.84. The lowest BCUT2D eigenvalue weighted by atomic mass is 9.65. The van der Waals surface area contributed by atoms with Crippen LogP contribution in [0, 0.1) is 0 Å². The molecule has 0 radical (unpaired) electrons. The smallest absolute Gasteiger partial charge is 0.416 e. The minimum Gasteiger partial charge on any atom is -0.493 e. The van der Waals surface area contributed by atoms with E-state index in [0.29, 0.717) is 36.5 Å². The Labute approximate surface area is 216 Å². The average molecular weight is 546 g/mol. The zero-order valence-corrected chi connectivity index (χ0v) is 21.1. The largest absolute Gasteiger partial charge is 0.493 e. The van der Waals surface area contributed by atoms with Crippen LogP contribution in [0.4, 0.5) is 36.8 Å². The minimum absolute atomic E-state index is 0.0217. The van der Waals surface area contributed by atoms with E-state index in [1.807, 2.05) is 25.2 Å². The molecule has 3 atom stereocenters. The van der Waals surface area contributed by atoms with Gasteiger partial charge in [0.25, 0.3) is 0 Å². The number of carbonyl (C=O) groups excluding carboxylic acids is 1. The fourth-order valence-electron chi connectivity index (χ4n) is 5.77. The summed E-state index contributed by atoms with van der Waals surface area (Å²) >= 11 is 0. The number of amides is 2. The second kappa shape index (κ2) is 10.2. The van der Waals surface area contributed by atoms with Crippen molar-refractivity contribution in [2.75, 3.05) is 33.1 Å². The predicted molar refractivity (Wildman–Crippen MR) is 128 cm³/mol. The van der Waals surface area contributed by atoms with E-state index < -0.39 is 35.2 Å². The standard InChI is InChI=1S/C26H29F6N3O3/c1-35-9-8-24(15-4-5-20(37-2)21(13-15)38-3)7-6-18(14-22(24)35)33-23(36)34-19-11-16(25(27,28)29)10-17(12-19)26(30,31)32/h4-5,10-13,18,22H,6-9,14H2,1-3H3,(H2,33,34,36). The molecule has 0 bridgehead atoms. The molecule has 2 aromatic carbocycles. The Bertz CT molecular complexity index is 1150. The van der Waals surface area contributed by atoms with E-state index in [0.717, 1.165) is 24.9 Å². The number of halogens is 6. The maximum Gasteiger partial charge on any atom is 0.416 e. The first kappa shape index (κ1) is 27.9. The van der Waals surface area contributed by atoms with Crippen molar-refractivity contribution in [2.24, 2.45) is 0 Å². The zero-order valence-electron chi connectivity index (χ0n) is 21.1. The Hall–Kier alpha value is -3.15. The van der Waals surface area contributed by atoms with Crippen LogP contribution < -0.4 is 20.1 Å². The van der Waals surface area contributed by atoms with Crippen LogP contribution in [0.1, 0.15) is 42.4 Å². The fraction of sp³-hybridized carbons (Fsp3) is 0.500. The summed E-state index contributed by atoms with van der Waals surface area (Å²) in [6.45, 7) is 0.836. The van der Waals surface area contributed by atoms with Gasteiger partial charge in [-0.05, 0) is 75.2 Å². The van der Waals surface area contributed by atoms with E-state index in [1.54, 1.807) is 14.2 Å². The lowest BCUT2D eigenvalue weighted by Crippen LogP contribution is -2.52. The van der Waals surface area contributed by atoms with Crippen molar-refractivity contribution in [3.63, 3.8) is 0 Å². The number of urea groups is 1. The number of hydrogen-bond donors (Lipinski definition) is 2. The number of ether oxygens (including phenoxy) is 2. The first-order valence-electron chi connectivity index (χ1n) is 12.1. The number of likely N-dealkylation sites (N-methyl/N-ethyl adjacent to an activating group) is 1. The number of hydrogen-bond acceptors (Lipinski definition) is 4. The van der Waals surface area contributed by atoms with E-state index in [9.17, 15) is 31.1 Å². The van der Waals surface area contributed by atoms with Gasteiger partial charge in [-0.1, -0.05) is 6.07 Å². The molecule has 1 aliphatic carbocycles. The Balaban J connectivity index is 1.50. The summed E-state index contributed by atoms with van der Waals surface area (Å²) in [7, 11) is 5.13. The molecular formula is C26H29F6N3O3. The number of likely N-dealkylation sites (tertiary alicyclic amines) is 1. The highest BCUT2D eigenvalue weighted by molar-refractivity contribution is 5.89. The van der Waals surface area contributed by atoms with Gasteiger partial charge in [0.05, 0.1) is 25.3 Å². The molecule has 38 heavy (non-hydrogen) atoms. The zero-order chi connectivity index (χ0) is 27.9. The Morgan fingerprint density at radius 3 is 2.16 bits per heavy atom. The number of carbonyl (C=O) groups is 1. The Kier molecular flexibility index (Phi) is 7.48. The number of benzene rings is 2. The topological polar surface area (TPSA) is 62.8 Å². The van der Waals surface area contributed by atoms with Crippen molar-refractivity contribution in [2.45, 2.75) is 55.5 Å². The number of methoxy groups -OCH3 is 2. The highest BCUT2D eigenvalue weighted by Crippen LogP contribution is 2.50. The monoisotopic (exact) mass is 545 g/mol. The lowest BCUT2D eigenvalue weighted by Gasteiger charge is -2.45. The predicted octanol–water partition coefficient (Wildman–Crippen LogP) is 6.06. The van der Waals surface area contributed by atoms with Gasteiger partial charge < -0.3 is 25.0 Å². The van der Waals surface area contributed by atoms with Crippen molar-refractivity contribution in [3.8, 4) is 11.5 Å². The van der Waals surface area contributed by atoms with Crippen molar-refractivity contribution in [3.05, 3.63) is 53.1 Å². The molecule has 1 saturated carbocycles. The normalized spacial score (nSPS) is 24.0. The van der Waals surface area contributed by atoms with E-state index in [4.69, 9.17) is 9.47 Å². The molecule has 2 fully saturated rings. The summed E-state index contributed by atoms with van der Waals surface area (Å²) in [6, 6.07) is 5.73. The van der Waals surface area contributed by atoms with Crippen molar-refractivity contribution < 1.29 is 40.6 Å². The van der Waals surface area contributed by atoms with Crippen LogP contribution in [-0.4, -0.2) is 50.8 Å². The lowest BCUT2D eigenvalue weighted by molar-refractivity contribution is -0.143. The van der Waals surface area contributed by atoms with Crippen molar-refractivity contribution in [1.82, 2.24) is 10.2 Å². The molecule has 2 aromatic rings. The van der Waals surface area contributed by atoms with Crippen LogP contribution in [0.15, 0.2) is 36.4 Å². The molecule has 2 N–H and O–H groups in total. The maximum absolute atomic E-state index is 13.2. The number of fused-ring (bicyclic) bond motifs is 1. The third-order valence-corrected chi connectivity index (χ3v) is 7.67. The molecule has 0 aromatic heterocycles. The summed E-state index contributed by atoms with van der Waals surface area (Å²) in [5.74, 6) is 1.23. The van der Waals surface area contributed by atoms with E-state index in [-0.39, 0.29) is 23.6 Å². The first-order chi connectivity index (χ1) is 17.8. The fourth-order valence-corrected chi connectivity index (χ4v) is 5.77. The molecule has 1 saturated heterocycles. The highest BCUT2D eigenvalue weighted by atomic mass is 19.4. The average Bonchev–Trinajstić information content (AvgIpc) is 3.19. The van der Waals surface area contributed by atoms with E-state index in [2.05, 4.69) is 15.5 Å². The molecule has 1 aliphatic heterocycles. The Morgan fingerprint density at radius 1 is 0.947 bits per heavy atom. The molecule has 0 spiro atoms. The summed E-state index contributed by atoms with van der Waals surface area (Å²) in [6.07, 6.45) is -7.23. The number of nitrogens with zero attached hydrogens (tertiary/aromatic N) is 1. The highest BCUT2D eigenvalue weighted by Gasteiger charge is 2.50. The summed E-state index contributed by atoms with van der Waals surface area (Å²) in [5.41, 5.74) is -2.67. The third kappa shape index (κ3) is 5.50. The summed E-state index contributed by atoms with van der Waals surface area (Å²) in [4.78, 5) is 14.9. The molecule has 6 nitrogen and oxygen atoms in total. The molecule has 208 valence electrons. The molecule has 2 amide bonds. The van der Waals surface area contributed by atoms with E-state index in [1.165, 1.54) is 0 Å². The van der Waals surface area contributed by atoms with Crippen molar-refractivity contribution >= 4 is 11.7 Å². The number of nitrogens with one attached hydrogen (secondary N) is 2. The quantitative estimate of drug-likeness (QED) is 0.449. The molecule has 1 heterocycles. The van der Waals surface area contributed by atoms with Crippen LogP contribution in [0.3, 0.4) is 0 Å². The minimum atomic E-state index is -5.00. The first-order valence-corrected chi connectivity index (χ1v) is 12.1. The summed E-state index contributed by atoms with van der Waals surface area (Å²) < 4.78 is 89.8. The van der Waals surface area contributed by atoms with Gasteiger partial charge in [0, 0.05) is 23.2 Å². The third-order valence-electron chi connectivity index (χ3n) is 7.67. The number of rotatable bonds is 5. The van der Waals surface area contributed by atoms with Gasteiger partial charge in [0.1, 0.15) is 0 Å². The van der Waals surface area contributed by atoms with Gasteiger partial charge in [-0.2, -0.15) is 26.3 Å². The summed E-state index contributed by atoms with van der Waals surface area (Å²) in [5, 5.41) is 4.90. The van der Waals surface area contributed by atoms with Crippen LogP contribution in [0.5, 0.6) is 11.5 Å². The van der Waals surface area contributed by atoms with Gasteiger partial charge in [-0.15, -0.1) is 0 Å². The van der Waals surface area contributed by atoms with Gasteiger partial charge >= 0.3 is 18.4 Å². The molecule has 2 aliphatic rings. The molecule has 12 heteroatoms. The molecule has 3 unspecified atom stereocenters. The molecule has 4 rings (SSSR count). The van der Waals surface area contributed by atoms with Gasteiger partial charge in [0.15, 0.2) is 11.5 Å². The van der Waals surface area contributed by atoms with Crippen molar-refractivity contribution in [1.29, 1.82) is 0 Å². The number of anilines is 1. The Morgan fingerprint density at radius 2 is 1.58 bits per heavy atom. The van der Waals surface area contributed by atoms with Gasteiger partial charge in [-0.3, -0.25) is 0 Å². The second-order valence-corrected chi connectivity index (χ2v) is 9.84. The molecular weight excluding hydrogens is 516 g/mol. The maximum atomic E-state index is 13.2. The number of alkyl halides is 6. The van der Waals surface area contributed by atoms with Crippen LogP contribution in [0.25, 0.3) is 0 Å².